The van der Waals surface area contributed by atoms with Crippen LogP contribution in [0.2, 0.25) is 0 Å². The minimum Gasteiger partial charge on any atom is -0.387 e. The zero-order chi connectivity index (χ0) is 19.6. The molecular weight excluding hydrogens is 364 g/mol. The molecule has 29 heavy (non-hydrogen) atoms. The van der Waals surface area contributed by atoms with Crippen LogP contribution in [0.3, 0.4) is 0 Å². The number of anilines is 2. The van der Waals surface area contributed by atoms with E-state index in [2.05, 4.69) is 49.7 Å². The van der Waals surface area contributed by atoms with Gasteiger partial charge in [0.1, 0.15) is 5.82 Å². The third-order valence-corrected chi connectivity index (χ3v) is 5.25. The molecule has 146 valence electrons. The molecule has 3 heterocycles. The van der Waals surface area contributed by atoms with Gasteiger partial charge < -0.3 is 15.3 Å². The molecule has 0 aliphatic carbocycles. The Morgan fingerprint density at radius 1 is 1.03 bits per heavy atom. The van der Waals surface area contributed by atoms with E-state index in [1.807, 2.05) is 36.4 Å². The van der Waals surface area contributed by atoms with E-state index in [1.165, 1.54) is 5.56 Å². The Morgan fingerprint density at radius 3 is 2.59 bits per heavy atom. The minimum absolute atomic E-state index is 0.324. The molecule has 4 aromatic rings. The lowest BCUT2D eigenvalue weighted by molar-refractivity contribution is 0.191. The van der Waals surface area contributed by atoms with Crippen molar-refractivity contribution in [3.05, 3.63) is 77.5 Å². The molecule has 2 aromatic heterocycles. The number of H-pyrrole nitrogens is 1. The van der Waals surface area contributed by atoms with Crippen LogP contribution in [-0.4, -0.2) is 38.4 Å². The minimum atomic E-state index is -0.637. The second-order valence-electron chi connectivity index (χ2n) is 7.24. The molecule has 0 saturated carbocycles. The fraction of sp³-hybridized carbons (Fsp3) is 0.227. The zero-order valence-electron chi connectivity index (χ0n) is 15.9. The van der Waals surface area contributed by atoms with Crippen molar-refractivity contribution in [3.63, 3.8) is 0 Å². The average Bonchev–Trinajstić information content (AvgIpc) is 3.19. The highest BCUT2D eigenvalue weighted by Crippen LogP contribution is 2.32. The summed E-state index contributed by atoms with van der Waals surface area (Å²) in [6.45, 7) is 1.97. The van der Waals surface area contributed by atoms with Crippen molar-refractivity contribution in [1.82, 2.24) is 20.2 Å². The number of nitrogens with zero attached hydrogens (tertiary/aromatic N) is 4. The van der Waals surface area contributed by atoms with Crippen LogP contribution in [0.25, 0.3) is 11.0 Å². The Balaban J connectivity index is 1.42. The van der Waals surface area contributed by atoms with Crippen LogP contribution in [0.1, 0.15) is 22.9 Å². The lowest BCUT2D eigenvalue weighted by Gasteiger charge is -2.28. The van der Waals surface area contributed by atoms with Gasteiger partial charge in [0.05, 0.1) is 17.2 Å². The van der Waals surface area contributed by atoms with Crippen LogP contribution in [0.4, 0.5) is 11.8 Å². The summed E-state index contributed by atoms with van der Waals surface area (Å²) in [5.41, 5.74) is 3.82. The Hall–Kier alpha value is -3.45. The zero-order valence-corrected chi connectivity index (χ0v) is 15.9. The molecular formula is C22H22N6O. The maximum atomic E-state index is 10.4. The smallest absolute Gasteiger partial charge is 0.226 e. The number of hydrogen-bond donors (Lipinski definition) is 3. The van der Waals surface area contributed by atoms with Crippen LogP contribution in [0, 0.1) is 0 Å². The number of rotatable bonds is 6. The van der Waals surface area contributed by atoms with Gasteiger partial charge in [0.2, 0.25) is 5.95 Å². The van der Waals surface area contributed by atoms with Crippen molar-refractivity contribution < 1.29 is 5.11 Å². The molecule has 5 rings (SSSR count). The van der Waals surface area contributed by atoms with Gasteiger partial charge in [-0.05, 0) is 11.1 Å². The average molecular weight is 386 g/mol. The maximum absolute atomic E-state index is 10.4. The second-order valence-corrected chi connectivity index (χ2v) is 7.24. The summed E-state index contributed by atoms with van der Waals surface area (Å²) >= 11 is 0. The van der Waals surface area contributed by atoms with Crippen LogP contribution < -0.4 is 10.2 Å². The van der Waals surface area contributed by atoms with Gasteiger partial charge >= 0.3 is 0 Å². The van der Waals surface area contributed by atoms with E-state index in [0.717, 1.165) is 42.0 Å². The first-order chi connectivity index (χ1) is 14.3. The number of aromatic amines is 1. The predicted molar refractivity (Wildman–Crippen MR) is 113 cm³/mol. The van der Waals surface area contributed by atoms with Crippen molar-refractivity contribution in [3.8, 4) is 0 Å². The Morgan fingerprint density at radius 2 is 1.79 bits per heavy atom. The molecule has 0 spiro atoms. The first-order valence-electron chi connectivity index (χ1n) is 9.78. The van der Waals surface area contributed by atoms with E-state index in [1.54, 1.807) is 0 Å². The van der Waals surface area contributed by atoms with Crippen molar-refractivity contribution in [2.45, 2.75) is 19.1 Å². The van der Waals surface area contributed by atoms with Crippen LogP contribution in [-0.2, 0) is 13.0 Å². The van der Waals surface area contributed by atoms with Crippen LogP contribution in [0.15, 0.2) is 60.7 Å². The van der Waals surface area contributed by atoms with Gasteiger partial charge in [-0.2, -0.15) is 15.1 Å². The fourth-order valence-corrected chi connectivity index (χ4v) is 3.74. The van der Waals surface area contributed by atoms with Gasteiger partial charge in [0.15, 0.2) is 5.65 Å². The number of aliphatic hydroxyl groups excluding tert-OH is 1. The molecule has 0 radical (unpaired) electrons. The monoisotopic (exact) mass is 386 g/mol. The highest BCUT2D eigenvalue weighted by Gasteiger charge is 2.24. The van der Waals surface area contributed by atoms with Gasteiger partial charge in [-0.25, -0.2) is 0 Å². The van der Waals surface area contributed by atoms with Gasteiger partial charge in [0.25, 0.3) is 0 Å². The molecule has 7 nitrogen and oxygen atoms in total. The van der Waals surface area contributed by atoms with Crippen LogP contribution >= 0.6 is 0 Å². The molecule has 2 aromatic carbocycles. The maximum Gasteiger partial charge on any atom is 0.226 e. The summed E-state index contributed by atoms with van der Waals surface area (Å²) < 4.78 is 0. The molecule has 0 bridgehead atoms. The summed E-state index contributed by atoms with van der Waals surface area (Å²) in [7, 11) is 0. The van der Waals surface area contributed by atoms with E-state index in [4.69, 9.17) is 4.98 Å². The molecule has 3 N–H and O–H groups in total. The number of nitrogens with one attached hydrogen (secondary N) is 2. The summed E-state index contributed by atoms with van der Waals surface area (Å²) in [6.07, 6.45) is 0.251. The highest BCUT2D eigenvalue weighted by molar-refractivity contribution is 5.91. The van der Waals surface area contributed by atoms with Crippen molar-refractivity contribution in [2.24, 2.45) is 0 Å². The normalized spacial score (nSPS) is 14.2. The molecule has 0 fully saturated rings. The summed E-state index contributed by atoms with van der Waals surface area (Å²) in [4.78, 5) is 11.6. The largest absolute Gasteiger partial charge is 0.387 e. The van der Waals surface area contributed by atoms with E-state index < -0.39 is 6.10 Å². The lowest BCUT2D eigenvalue weighted by atomic mass is 10.1. The van der Waals surface area contributed by atoms with Crippen LogP contribution in [0.5, 0.6) is 0 Å². The van der Waals surface area contributed by atoms with E-state index in [-0.39, 0.29) is 0 Å². The number of aromatic nitrogens is 4. The molecule has 0 saturated heterocycles. The first-order valence-corrected chi connectivity index (χ1v) is 9.78. The quantitative estimate of drug-likeness (QED) is 0.472. The third-order valence-electron chi connectivity index (χ3n) is 5.25. The van der Waals surface area contributed by atoms with E-state index >= 15 is 0 Å². The molecule has 1 aliphatic rings. The molecule has 1 aliphatic heterocycles. The lowest BCUT2D eigenvalue weighted by Crippen LogP contribution is -2.30. The van der Waals surface area contributed by atoms with Crippen molar-refractivity contribution in [2.75, 3.05) is 23.3 Å². The van der Waals surface area contributed by atoms with Crippen molar-refractivity contribution >= 4 is 22.8 Å². The molecule has 0 amide bonds. The third kappa shape index (κ3) is 3.52. The molecule has 1 unspecified atom stereocenters. The standard InChI is InChI=1S/C22H22N6O/c29-18(16-9-5-2-6-10-16)13-23-22-24-20-19-17(26-27-20)11-12-28(21(19)25-22)14-15-7-3-1-4-8-15/h1-10,18,29H,11-14H2,(H2,23,24,25,26,27). The Kier molecular flexibility index (Phi) is 4.57. The molecule has 7 heteroatoms. The Labute approximate surface area is 168 Å². The summed E-state index contributed by atoms with van der Waals surface area (Å²) in [5, 5.41) is 22.1. The number of benzene rings is 2. The van der Waals surface area contributed by atoms with Gasteiger partial charge in [-0.1, -0.05) is 60.7 Å². The van der Waals surface area contributed by atoms with E-state index in [9.17, 15) is 5.11 Å². The predicted octanol–water partition coefficient (Wildman–Crippen LogP) is 3.06. The summed E-state index contributed by atoms with van der Waals surface area (Å²) in [6, 6.07) is 19.9. The summed E-state index contributed by atoms with van der Waals surface area (Å²) in [5.74, 6) is 1.35. The van der Waals surface area contributed by atoms with Crippen molar-refractivity contribution in [1.29, 1.82) is 0 Å². The number of hydrogen-bond acceptors (Lipinski definition) is 6. The first kappa shape index (κ1) is 17.6. The second kappa shape index (κ2) is 7.52. The fourth-order valence-electron chi connectivity index (χ4n) is 3.74. The SMILES string of the molecule is OC(CNc1nc2c3c([nH]nc3n1)CCN2Cc1ccccc1)c1ccccc1. The van der Waals surface area contributed by atoms with Gasteiger partial charge in [-0.15, -0.1) is 0 Å². The topological polar surface area (TPSA) is 90.0 Å². The highest BCUT2D eigenvalue weighted by atomic mass is 16.3. The molecule has 1 atom stereocenters. The van der Waals surface area contributed by atoms with E-state index in [0.29, 0.717) is 18.1 Å². The Bertz CT molecular complexity index is 1110. The van der Waals surface area contributed by atoms with Gasteiger partial charge in [0, 0.05) is 26.1 Å². The number of aliphatic hydroxyl groups is 1. The van der Waals surface area contributed by atoms with Gasteiger partial charge in [-0.3, -0.25) is 5.10 Å².